The van der Waals surface area contributed by atoms with Crippen molar-refractivity contribution < 1.29 is 19.4 Å². The lowest BCUT2D eigenvalue weighted by molar-refractivity contribution is 0.0963. The van der Waals surface area contributed by atoms with E-state index in [1.165, 1.54) is 5.56 Å². The van der Waals surface area contributed by atoms with Crippen molar-refractivity contribution in [2.24, 2.45) is 0 Å². The number of hydrogen-bond acceptors (Lipinski definition) is 6. The van der Waals surface area contributed by atoms with E-state index < -0.39 is 0 Å². The molecule has 1 aliphatic rings. The number of ether oxygens (including phenoxy) is 2. The van der Waals surface area contributed by atoms with Gasteiger partial charge in [0, 0.05) is 39.3 Å². The summed E-state index contributed by atoms with van der Waals surface area (Å²) in [6.07, 6.45) is 2.54. The number of fused-ring (bicyclic) bond motifs is 1. The van der Waals surface area contributed by atoms with Crippen molar-refractivity contribution in [3.63, 3.8) is 0 Å². The van der Waals surface area contributed by atoms with Crippen LogP contribution >= 0.6 is 0 Å². The molecule has 0 saturated carbocycles. The average molecular weight is 470 g/mol. The van der Waals surface area contributed by atoms with Crippen LogP contribution in [-0.2, 0) is 12.8 Å². The molecular weight excluding hydrogens is 430 g/mol. The Morgan fingerprint density at radius 2 is 1.94 bits per heavy atom. The fourth-order valence-corrected chi connectivity index (χ4v) is 4.42. The molecule has 0 aliphatic carbocycles. The number of rotatable bonds is 13. The van der Waals surface area contributed by atoms with Crippen molar-refractivity contribution in [3.05, 3.63) is 53.1 Å². The predicted octanol–water partition coefficient (Wildman–Crippen LogP) is 3.18. The van der Waals surface area contributed by atoms with Crippen LogP contribution in [0.15, 0.2) is 36.4 Å². The third-order valence-electron chi connectivity index (χ3n) is 5.88. The molecule has 1 atom stereocenters. The minimum atomic E-state index is -0.0645. The van der Waals surface area contributed by atoms with Gasteiger partial charge in [-0.3, -0.25) is 4.79 Å². The highest BCUT2D eigenvalue weighted by atomic mass is 16.5. The third-order valence-corrected chi connectivity index (χ3v) is 5.88. The van der Waals surface area contributed by atoms with Gasteiger partial charge in [0.2, 0.25) is 0 Å². The normalized spacial score (nSPS) is 13.6. The smallest absolute Gasteiger partial charge is 0.253 e. The van der Waals surface area contributed by atoms with Crippen LogP contribution in [0, 0.1) is 0 Å². The summed E-state index contributed by atoms with van der Waals surface area (Å²) in [6, 6.07) is 12.2. The molecule has 0 saturated heterocycles. The molecule has 0 aromatic heterocycles. The Hall–Kier alpha value is -2.77. The summed E-state index contributed by atoms with van der Waals surface area (Å²) in [5.41, 5.74) is 4.11. The van der Waals surface area contributed by atoms with Gasteiger partial charge in [0.1, 0.15) is 6.61 Å². The summed E-state index contributed by atoms with van der Waals surface area (Å²) in [4.78, 5) is 14.9. The number of aliphatic hydroxyl groups excluding tert-OH is 1. The Kier molecular flexibility index (Phi) is 9.60. The summed E-state index contributed by atoms with van der Waals surface area (Å²) in [5, 5.41) is 15.5. The molecule has 7 heteroatoms. The maximum atomic E-state index is 12.6. The quantitative estimate of drug-likeness (QED) is 0.391. The molecule has 2 aromatic rings. The summed E-state index contributed by atoms with van der Waals surface area (Å²) in [7, 11) is 1.67. The molecule has 34 heavy (non-hydrogen) atoms. The maximum absolute atomic E-state index is 12.6. The molecule has 186 valence electrons. The van der Waals surface area contributed by atoms with Crippen molar-refractivity contribution in [2.75, 3.05) is 44.8 Å². The predicted molar refractivity (Wildman–Crippen MR) is 136 cm³/mol. The topological polar surface area (TPSA) is 83.1 Å². The second-order valence-corrected chi connectivity index (χ2v) is 9.07. The molecule has 2 aromatic carbocycles. The van der Waals surface area contributed by atoms with Crippen molar-refractivity contribution in [1.29, 1.82) is 0 Å². The SMILES string of the molecule is CNC(=O)c1cc(CC(C)NCCOc2ccccc2OC(C)C)cc2c1N(CCCO)CC2. The van der Waals surface area contributed by atoms with E-state index in [4.69, 9.17) is 9.47 Å². The number of aliphatic hydroxyl groups is 1. The number of amides is 1. The van der Waals surface area contributed by atoms with Gasteiger partial charge in [0.25, 0.3) is 5.91 Å². The molecule has 0 radical (unpaired) electrons. The fourth-order valence-electron chi connectivity index (χ4n) is 4.42. The van der Waals surface area contributed by atoms with Crippen LogP contribution in [0.3, 0.4) is 0 Å². The highest BCUT2D eigenvalue weighted by Crippen LogP contribution is 2.34. The van der Waals surface area contributed by atoms with Crippen LogP contribution in [0.5, 0.6) is 11.5 Å². The van der Waals surface area contributed by atoms with E-state index in [9.17, 15) is 9.90 Å². The Bertz CT molecular complexity index is 947. The van der Waals surface area contributed by atoms with E-state index in [2.05, 4.69) is 28.5 Å². The zero-order valence-corrected chi connectivity index (χ0v) is 20.9. The van der Waals surface area contributed by atoms with E-state index in [0.29, 0.717) is 19.6 Å². The lowest BCUT2D eigenvalue weighted by Gasteiger charge is -2.22. The van der Waals surface area contributed by atoms with E-state index in [-0.39, 0.29) is 24.7 Å². The Morgan fingerprint density at radius 1 is 1.18 bits per heavy atom. The van der Waals surface area contributed by atoms with E-state index in [0.717, 1.165) is 54.2 Å². The number of carbonyl (C=O) groups is 1. The van der Waals surface area contributed by atoms with Gasteiger partial charge in [-0.05, 0) is 69.4 Å². The van der Waals surface area contributed by atoms with E-state index in [1.807, 2.05) is 44.2 Å². The van der Waals surface area contributed by atoms with Gasteiger partial charge >= 0.3 is 0 Å². The maximum Gasteiger partial charge on any atom is 0.253 e. The lowest BCUT2D eigenvalue weighted by atomic mass is 9.98. The summed E-state index contributed by atoms with van der Waals surface area (Å²) < 4.78 is 11.8. The number of para-hydroxylation sites is 2. The highest BCUT2D eigenvalue weighted by Gasteiger charge is 2.26. The second kappa shape index (κ2) is 12.6. The first kappa shape index (κ1) is 25.8. The van der Waals surface area contributed by atoms with Crippen LogP contribution in [0.1, 0.15) is 48.7 Å². The monoisotopic (exact) mass is 469 g/mol. The van der Waals surface area contributed by atoms with Gasteiger partial charge in [-0.15, -0.1) is 0 Å². The van der Waals surface area contributed by atoms with Crippen molar-refractivity contribution in [3.8, 4) is 11.5 Å². The number of nitrogens with zero attached hydrogens (tertiary/aromatic N) is 1. The van der Waals surface area contributed by atoms with Crippen molar-refractivity contribution in [1.82, 2.24) is 10.6 Å². The van der Waals surface area contributed by atoms with Crippen LogP contribution in [0.4, 0.5) is 5.69 Å². The van der Waals surface area contributed by atoms with Crippen LogP contribution in [-0.4, -0.2) is 63.1 Å². The van der Waals surface area contributed by atoms with Crippen LogP contribution in [0.2, 0.25) is 0 Å². The van der Waals surface area contributed by atoms with Gasteiger partial charge in [0.05, 0.1) is 17.4 Å². The largest absolute Gasteiger partial charge is 0.488 e. The van der Waals surface area contributed by atoms with Crippen molar-refractivity contribution in [2.45, 2.75) is 52.2 Å². The molecule has 1 aliphatic heterocycles. The van der Waals surface area contributed by atoms with E-state index in [1.54, 1.807) is 7.05 Å². The molecular formula is C27H39N3O4. The second-order valence-electron chi connectivity index (χ2n) is 9.07. The minimum absolute atomic E-state index is 0.0645. The number of anilines is 1. The first-order valence-corrected chi connectivity index (χ1v) is 12.3. The van der Waals surface area contributed by atoms with Gasteiger partial charge in [-0.2, -0.15) is 0 Å². The molecule has 1 heterocycles. The zero-order chi connectivity index (χ0) is 24.5. The molecule has 1 unspecified atom stereocenters. The van der Waals surface area contributed by atoms with Gasteiger partial charge in [-0.25, -0.2) is 0 Å². The summed E-state index contributed by atoms with van der Waals surface area (Å²) in [5.74, 6) is 1.45. The molecule has 7 nitrogen and oxygen atoms in total. The standard InChI is InChI=1S/C27H39N3O4/c1-19(2)34-25-9-6-5-8-24(25)33-15-11-29-20(3)16-21-17-22-10-13-30(12-7-14-31)26(22)23(18-21)27(32)28-4/h5-6,8-9,17-20,29,31H,7,10-16H2,1-4H3,(H,28,32). The van der Waals surface area contributed by atoms with Gasteiger partial charge < -0.3 is 30.1 Å². The first-order valence-electron chi connectivity index (χ1n) is 12.3. The van der Waals surface area contributed by atoms with Crippen LogP contribution in [0.25, 0.3) is 0 Å². The molecule has 0 fully saturated rings. The van der Waals surface area contributed by atoms with Gasteiger partial charge in [-0.1, -0.05) is 18.2 Å². The van der Waals surface area contributed by atoms with Crippen molar-refractivity contribution >= 4 is 11.6 Å². The summed E-state index contributed by atoms with van der Waals surface area (Å²) >= 11 is 0. The lowest BCUT2D eigenvalue weighted by Crippen LogP contribution is -2.32. The Balaban J connectivity index is 1.58. The minimum Gasteiger partial charge on any atom is -0.488 e. The molecule has 0 spiro atoms. The highest BCUT2D eigenvalue weighted by molar-refractivity contribution is 6.01. The Morgan fingerprint density at radius 3 is 2.65 bits per heavy atom. The van der Waals surface area contributed by atoms with E-state index >= 15 is 0 Å². The molecule has 0 bridgehead atoms. The zero-order valence-electron chi connectivity index (χ0n) is 20.9. The summed E-state index contributed by atoms with van der Waals surface area (Å²) in [6.45, 7) is 9.20. The number of hydrogen-bond donors (Lipinski definition) is 3. The molecule has 3 rings (SSSR count). The number of benzene rings is 2. The van der Waals surface area contributed by atoms with Crippen LogP contribution < -0.4 is 25.0 Å². The number of nitrogens with one attached hydrogen (secondary N) is 2. The van der Waals surface area contributed by atoms with Gasteiger partial charge in [0.15, 0.2) is 11.5 Å². The fraction of sp³-hybridized carbons (Fsp3) is 0.519. The Labute approximate surface area is 203 Å². The first-order chi connectivity index (χ1) is 16.4. The number of carbonyl (C=O) groups excluding carboxylic acids is 1. The average Bonchev–Trinajstić information content (AvgIpc) is 3.22. The third kappa shape index (κ3) is 6.87. The molecule has 1 amide bonds. The molecule has 3 N–H and O–H groups in total.